The van der Waals surface area contributed by atoms with E-state index in [0.717, 1.165) is 10.9 Å². The molecule has 1 aliphatic heterocycles. The van der Waals surface area contributed by atoms with Gasteiger partial charge < -0.3 is 25.8 Å². The highest BCUT2D eigenvalue weighted by molar-refractivity contribution is 8.93. The van der Waals surface area contributed by atoms with Crippen LogP contribution in [-0.2, 0) is 4.74 Å². The van der Waals surface area contributed by atoms with Gasteiger partial charge in [0.2, 0.25) is 5.95 Å². The van der Waals surface area contributed by atoms with E-state index >= 15 is 0 Å². The second kappa shape index (κ2) is 5.71. The van der Waals surface area contributed by atoms with Crippen molar-refractivity contribution in [3.05, 3.63) is 16.8 Å². The second-order valence-corrected chi connectivity index (χ2v) is 3.63. The number of nitrogen functional groups attached to an aromatic ring is 1. The Balaban J connectivity index is 0.00000162. The van der Waals surface area contributed by atoms with Crippen LogP contribution in [0.25, 0.3) is 0 Å². The number of aliphatic hydroxyl groups is 3. The molecule has 2 rings (SSSR count). The van der Waals surface area contributed by atoms with Crippen molar-refractivity contribution in [2.45, 2.75) is 24.5 Å². The van der Waals surface area contributed by atoms with Crippen LogP contribution in [0, 0.1) is 0 Å². The Hall–Kier alpha value is -1.07. The predicted octanol–water partition coefficient (Wildman–Crippen LogP) is -2.59. The fraction of sp³-hybridized carbons (Fsp3) is 0.625. The average Bonchev–Trinajstić information content (AvgIpc) is 2.57. The molecular formula is C8H13BrN4O5. The van der Waals surface area contributed by atoms with Crippen LogP contribution in [0.2, 0.25) is 0 Å². The average molecular weight is 325 g/mol. The molecule has 102 valence electrons. The zero-order valence-corrected chi connectivity index (χ0v) is 10.8. The van der Waals surface area contributed by atoms with Gasteiger partial charge in [-0.05, 0) is 0 Å². The van der Waals surface area contributed by atoms with Crippen LogP contribution in [0.15, 0.2) is 11.1 Å². The molecule has 5 N–H and O–H groups in total. The van der Waals surface area contributed by atoms with Crippen molar-refractivity contribution in [1.29, 1.82) is 0 Å². The molecule has 1 fully saturated rings. The second-order valence-electron chi connectivity index (χ2n) is 3.63. The molecule has 1 saturated heterocycles. The molecule has 0 bridgehead atoms. The van der Waals surface area contributed by atoms with E-state index < -0.39 is 36.8 Å². The minimum absolute atomic E-state index is 0. The van der Waals surface area contributed by atoms with Crippen molar-refractivity contribution in [2.24, 2.45) is 0 Å². The van der Waals surface area contributed by atoms with Crippen molar-refractivity contribution in [3.63, 3.8) is 0 Å². The van der Waals surface area contributed by atoms with Crippen molar-refractivity contribution in [3.8, 4) is 0 Å². The minimum atomic E-state index is -1.35. The molecule has 4 atom stereocenters. The summed E-state index contributed by atoms with van der Waals surface area (Å²) in [6.45, 7) is -0.473. The first-order valence-electron chi connectivity index (χ1n) is 4.87. The summed E-state index contributed by atoms with van der Waals surface area (Å²) >= 11 is 0. The summed E-state index contributed by atoms with van der Waals surface area (Å²) in [5.74, 6) is -0.196. The minimum Gasteiger partial charge on any atom is -0.394 e. The fourth-order valence-corrected chi connectivity index (χ4v) is 1.64. The number of nitrogens with zero attached hydrogens (tertiary/aromatic N) is 3. The van der Waals surface area contributed by atoms with Crippen molar-refractivity contribution in [1.82, 2.24) is 14.5 Å². The van der Waals surface area contributed by atoms with Gasteiger partial charge in [0.05, 0.1) is 6.61 Å². The van der Waals surface area contributed by atoms with E-state index in [4.69, 9.17) is 15.6 Å². The normalized spacial score (nSPS) is 31.1. The topological polar surface area (TPSA) is 144 Å². The Labute approximate surface area is 112 Å². The highest BCUT2D eigenvalue weighted by Crippen LogP contribution is 2.27. The maximum absolute atomic E-state index is 11.5. The lowest BCUT2D eigenvalue weighted by Crippen LogP contribution is -2.36. The number of rotatable bonds is 2. The van der Waals surface area contributed by atoms with Gasteiger partial charge in [-0.1, -0.05) is 0 Å². The third-order valence-electron chi connectivity index (χ3n) is 2.54. The van der Waals surface area contributed by atoms with Crippen molar-refractivity contribution >= 4 is 22.9 Å². The molecule has 18 heavy (non-hydrogen) atoms. The molecule has 0 unspecified atom stereocenters. The highest BCUT2D eigenvalue weighted by atomic mass is 79.9. The molecule has 0 radical (unpaired) electrons. The van der Waals surface area contributed by atoms with Gasteiger partial charge in [0.1, 0.15) is 24.6 Å². The van der Waals surface area contributed by atoms with Crippen LogP contribution in [0.4, 0.5) is 5.95 Å². The number of ether oxygens (including phenoxy) is 1. The Morgan fingerprint density at radius 3 is 2.61 bits per heavy atom. The van der Waals surface area contributed by atoms with Crippen LogP contribution < -0.4 is 11.4 Å². The molecular weight excluding hydrogens is 312 g/mol. The Morgan fingerprint density at radius 2 is 2.11 bits per heavy atom. The summed E-state index contributed by atoms with van der Waals surface area (Å²) in [6, 6.07) is 0. The number of anilines is 1. The van der Waals surface area contributed by atoms with Gasteiger partial charge in [-0.25, -0.2) is 9.78 Å². The van der Waals surface area contributed by atoms with E-state index in [1.807, 2.05) is 0 Å². The van der Waals surface area contributed by atoms with Crippen LogP contribution in [0.5, 0.6) is 0 Å². The number of halogens is 1. The summed E-state index contributed by atoms with van der Waals surface area (Å²) in [4.78, 5) is 18.4. The van der Waals surface area contributed by atoms with E-state index in [9.17, 15) is 15.0 Å². The zero-order valence-electron chi connectivity index (χ0n) is 9.08. The number of nitrogens with two attached hydrogens (primary N) is 1. The van der Waals surface area contributed by atoms with Gasteiger partial charge in [0.25, 0.3) is 0 Å². The summed E-state index contributed by atoms with van der Waals surface area (Å²) in [6.07, 6.45) is -3.67. The van der Waals surface area contributed by atoms with Gasteiger partial charge in [0.15, 0.2) is 6.23 Å². The molecule has 0 spiro atoms. The molecule has 9 nitrogen and oxygen atoms in total. The maximum Gasteiger partial charge on any atom is 0.354 e. The Bertz CT molecular complexity index is 469. The van der Waals surface area contributed by atoms with Gasteiger partial charge in [-0.3, -0.25) is 4.57 Å². The van der Waals surface area contributed by atoms with Crippen molar-refractivity contribution < 1.29 is 20.1 Å². The maximum atomic E-state index is 11.5. The largest absolute Gasteiger partial charge is 0.394 e. The SMILES string of the molecule is Br.Nc1ncn([C@@H]2O[C@H](CO)[C@H](O)[C@H]2O)c(=O)n1. The van der Waals surface area contributed by atoms with E-state index in [-0.39, 0.29) is 22.9 Å². The van der Waals surface area contributed by atoms with Gasteiger partial charge in [-0.2, -0.15) is 4.98 Å². The lowest BCUT2D eigenvalue weighted by atomic mass is 10.1. The van der Waals surface area contributed by atoms with Gasteiger partial charge in [0, 0.05) is 0 Å². The zero-order chi connectivity index (χ0) is 12.6. The molecule has 1 aromatic heterocycles. The number of hydrogen-bond acceptors (Lipinski definition) is 8. The molecule has 0 aromatic carbocycles. The van der Waals surface area contributed by atoms with Crippen molar-refractivity contribution in [2.75, 3.05) is 12.3 Å². The monoisotopic (exact) mass is 324 g/mol. The molecule has 0 aliphatic carbocycles. The third-order valence-corrected chi connectivity index (χ3v) is 2.54. The van der Waals surface area contributed by atoms with Crippen LogP contribution in [-0.4, -0.2) is 54.8 Å². The molecule has 1 aromatic rings. The molecule has 10 heteroatoms. The first kappa shape index (κ1) is 15.0. The van der Waals surface area contributed by atoms with E-state index in [1.165, 1.54) is 0 Å². The Kier molecular flexibility index (Phi) is 4.76. The molecule has 0 saturated carbocycles. The number of aromatic nitrogens is 3. The van der Waals surface area contributed by atoms with Gasteiger partial charge >= 0.3 is 5.69 Å². The predicted molar refractivity (Wildman–Crippen MR) is 64.0 cm³/mol. The number of hydrogen-bond donors (Lipinski definition) is 4. The smallest absolute Gasteiger partial charge is 0.354 e. The van der Waals surface area contributed by atoms with Crippen LogP contribution >= 0.6 is 17.0 Å². The third kappa shape index (κ3) is 2.52. The first-order valence-corrected chi connectivity index (χ1v) is 4.87. The van der Waals surface area contributed by atoms with Crippen LogP contribution in [0.1, 0.15) is 6.23 Å². The lowest BCUT2D eigenvalue weighted by Gasteiger charge is -2.16. The quantitative estimate of drug-likeness (QED) is 0.464. The summed E-state index contributed by atoms with van der Waals surface area (Å²) < 4.78 is 6.04. The molecule has 0 amide bonds. The first-order chi connectivity index (χ1) is 8.04. The summed E-state index contributed by atoms with van der Waals surface area (Å²) in [5.41, 5.74) is 4.46. The summed E-state index contributed by atoms with van der Waals surface area (Å²) in [7, 11) is 0. The fourth-order valence-electron chi connectivity index (χ4n) is 1.64. The van der Waals surface area contributed by atoms with Crippen LogP contribution in [0.3, 0.4) is 0 Å². The standard InChI is InChI=1S/C8H12N4O5.BrH/c9-7-10-2-12(8(16)11-7)6-5(15)4(14)3(1-13)17-6;/h2-6,13-15H,1H2,(H2,9,11,16);1H/t3-,4+,5-,6-;/m1./s1. The van der Waals surface area contributed by atoms with E-state index in [2.05, 4.69) is 9.97 Å². The highest BCUT2D eigenvalue weighted by Gasteiger charge is 2.43. The Morgan fingerprint density at radius 1 is 1.44 bits per heavy atom. The number of aliphatic hydroxyl groups excluding tert-OH is 3. The molecule has 1 aliphatic rings. The van der Waals surface area contributed by atoms with Gasteiger partial charge in [-0.15, -0.1) is 17.0 Å². The lowest BCUT2D eigenvalue weighted by molar-refractivity contribution is -0.0554. The molecule has 2 heterocycles. The van der Waals surface area contributed by atoms with E-state index in [1.54, 1.807) is 0 Å². The summed E-state index contributed by atoms with van der Waals surface area (Å²) in [5, 5.41) is 28.1. The van der Waals surface area contributed by atoms with E-state index in [0.29, 0.717) is 0 Å².